The third-order valence-electron chi connectivity index (χ3n) is 2.62. The van der Waals surface area contributed by atoms with Gasteiger partial charge < -0.3 is 9.64 Å². The number of halogens is 1. The van der Waals surface area contributed by atoms with E-state index in [9.17, 15) is 4.79 Å². The zero-order valence-electron chi connectivity index (χ0n) is 10.5. The van der Waals surface area contributed by atoms with Crippen LogP contribution in [0.1, 0.15) is 22.8 Å². The molecule has 4 heteroatoms. The normalized spacial score (nSPS) is 10.4. The number of hydrogen-bond donors (Lipinski definition) is 0. The fraction of sp³-hybridized carbons (Fsp3) is 0.462. The summed E-state index contributed by atoms with van der Waals surface area (Å²) < 4.78 is 6.20. The molecule has 0 aliphatic carbocycles. The van der Waals surface area contributed by atoms with Gasteiger partial charge in [-0.1, -0.05) is 22.0 Å². The molecule has 0 aliphatic rings. The minimum Gasteiger partial charge on any atom is -0.380 e. The van der Waals surface area contributed by atoms with Crippen LogP contribution < -0.4 is 0 Å². The molecule has 0 saturated carbocycles. The van der Waals surface area contributed by atoms with Gasteiger partial charge in [-0.05, 0) is 31.5 Å². The van der Waals surface area contributed by atoms with Crippen LogP contribution in [0.15, 0.2) is 22.7 Å². The Balaban J connectivity index is 2.71. The van der Waals surface area contributed by atoms with Crippen LogP contribution in [0.4, 0.5) is 0 Å². The second-order valence-corrected chi connectivity index (χ2v) is 4.69. The monoisotopic (exact) mass is 299 g/mol. The van der Waals surface area contributed by atoms with Gasteiger partial charge in [0.1, 0.15) is 0 Å². The van der Waals surface area contributed by atoms with Gasteiger partial charge in [0, 0.05) is 30.2 Å². The average Bonchev–Trinajstić information content (AvgIpc) is 2.32. The van der Waals surface area contributed by atoms with E-state index >= 15 is 0 Å². The Morgan fingerprint density at radius 1 is 1.47 bits per heavy atom. The summed E-state index contributed by atoms with van der Waals surface area (Å²) in [6, 6.07) is 5.66. The van der Waals surface area contributed by atoms with E-state index in [1.807, 2.05) is 32.0 Å². The minimum atomic E-state index is 0.0310. The Kier molecular flexibility index (Phi) is 5.65. The molecule has 0 N–H and O–H groups in total. The highest BCUT2D eigenvalue weighted by Crippen LogP contribution is 2.20. The highest BCUT2D eigenvalue weighted by molar-refractivity contribution is 9.10. The first-order valence-corrected chi connectivity index (χ1v) is 6.45. The maximum absolute atomic E-state index is 12.2. The van der Waals surface area contributed by atoms with Crippen LogP contribution in [0.3, 0.4) is 0 Å². The molecule has 0 fully saturated rings. The van der Waals surface area contributed by atoms with Gasteiger partial charge in [0.2, 0.25) is 0 Å². The number of benzene rings is 1. The largest absolute Gasteiger partial charge is 0.380 e. The Labute approximate surface area is 111 Å². The molecule has 0 bridgehead atoms. The van der Waals surface area contributed by atoms with Crippen LogP contribution in [-0.2, 0) is 4.74 Å². The summed E-state index contributed by atoms with van der Waals surface area (Å²) in [4.78, 5) is 13.8. The van der Waals surface area contributed by atoms with E-state index in [4.69, 9.17) is 4.74 Å². The molecule has 0 aromatic heterocycles. The van der Waals surface area contributed by atoms with E-state index in [2.05, 4.69) is 15.9 Å². The van der Waals surface area contributed by atoms with Crippen LogP contribution in [0.25, 0.3) is 0 Å². The lowest BCUT2D eigenvalue weighted by Gasteiger charge is -2.18. The van der Waals surface area contributed by atoms with Gasteiger partial charge in [0.05, 0.1) is 6.61 Å². The zero-order chi connectivity index (χ0) is 12.8. The van der Waals surface area contributed by atoms with Gasteiger partial charge in [0.25, 0.3) is 5.91 Å². The summed E-state index contributed by atoms with van der Waals surface area (Å²) in [5.41, 5.74) is 1.71. The van der Waals surface area contributed by atoms with E-state index in [0.29, 0.717) is 19.8 Å². The smallest absolute Gasteiger partial charge is 0.253 e. The van der Waals surface area contributed by atoms with Crippen molar-refractivity contribution in [2.75, 3.05) is 26.8 Å². The maximum atomic E-state index is 12.2. The predicted molar refractivity (Wildman–Crippen MR) is 72.3 cm³/mol. The molecule has 0 radical (unpaired) electrons. The lowest BCUT2D eigenvalue weighted by molar-refractivity contribution is 0.0709. The molecular weight excluding hydrogens is 282 g/mol. The Morgan fingerprint density at radius 3 is 2.82 bits per heavy atom. The maximum Gasteiger partial charge on any atom is 0.253 e. The van der Waals surface area contributed by atoms with E-state index in [0.717, 1.165) is 15.6 Å². The van der Waals surface area contributed by atoms with Crippen LogP contribution in [0, 0.1) is 6.92 Å². The molecule has 3 nitrogen and oxygen atoms in total. The Morgan fingerprint density at radius 2 is 2.18 bits per heavy atom. The molecule has 1 aromatic rings. The third kappa shape index (κ3) is 3.82. The topological polar surface area (TPSA) is 29.5 Å². The van der Waals surface area contributed by atoms with Crippen molar-refractivity contribution in [3.63, 3.8) is 0 Å². The zero-order valence-corrected chi connectivity index (χ0v) is 12.1. The SMILES string of the molecule is CCOCCN(C)C(=O)c1cccc(Br)c1C. The number of ether oxygens (including phenoxy) is 1. The van der Waals surface area contributed by atoms with E-state index < -0.39 is 0 Å². The number of nitrogens with zero attached hydrogens (tertiary/aromatic N) is 1. The standard InChI is InChI=1S/C13H18BrNO2/c1-4-17-9-8-15(3)13(16)11-6-5-7-12(14)10(11)2/h5-7H,4,8-9H2,1-3H3. The quantitative estimate of drug-likeness (QED) is 0.783. The molecule has 17 heavy (non-hydrogen) atoms. The van der Waals surface area contributed by atoms with Crippen molar-refractivity contribution < 1.29 is 9.53 Å². The van der Waals surface area contributed by atoms with E-state index in [1.54, 1.807) is 11.9 Å². The van der Waals surface area contributed by atoms with Crippen LogP contribution in [0.2, 0.25) is 0 Å². The van der Waals surface area contributed by atoms with Gasteiger partial charge in [0.15, 0.2) is 0 Å². The first kappa shape index (κ1) is 14.2. The molecule has 0 spiro atoms. The molecule has 0 saturated heterocycles. The molecule has 0 aliphatic heterocycles. The number of likely N-dealkylation sites (N-methyl/N-ethyl adjacent to an activating group) is 1. The van der Waals surface area contributed by atoms with Gasteiger partial charge in [-0.15, -0.1) is 0 Å². The Hall–Kier alpha value is -0.870. The third-order valence-corrected chi connectivity index (χ3v) is 3.48. The molecule has 94 valence electrons. The number of rotatable bonds is 5. The van der Waals surface area contributed by atoms with Crippen molar-refractivity contribution in [3.05, 3.63) is 33.8 Å². The first-order chi connectivity index (χ1) is 8.07. The molecule has 1 aromatic carbocycles. The van der Waals surface area contributed by atoms with Gasteiger partial charge in [-0.3, -0.25) is 4.79 Å². The van der Waals surface area contributed by atoms with Gasteiger partial charge in [-0.2, -0.15) is 0 Å². The fourth-order valence-electron chi connectivity index (χ4n) is 1.49. The van der Waals surface area contributed by atoms with E-state index in [-0.39, 0.29) is 5.91 Å². The van der Waals surface area contributed by atoms with Crippen LogP contribution in [0.5, 0.6) is 0 Å². The van der Waals surface area contributed by atoms with Crippen molar-refractivity contribution in [2.24, 2.45) is 0 Å². The van der Waals surface area contributed by atoms with Crippen LogP contribution in [-0.4, -0.2) is 37.6 Å². The van der Waals surface area contributed by atoms with Crippen molar-refractivity contribution in [2.45, 2.75) is 13.8 Å². The lowest BCUT2D eigenvalue weighted by Crippen LogP contribution is -2.30. The number of carbonyl (C=O) groups excluding carboxylic acids is 1. The fourth-order valence-corrected chi connectivity index (χ4v) is 1.86. The van der Waals surface area contributed by atoms with Gasteiger partial charge in [-0.25, -0.2) is 0 Å². The van der Waals surface area contributed by atoms with Crippen molar-refractivity contribution >= 4 is 21.8 Å². The minimum absolute atomic E-state index is 0.0310. The second-order valence-electron chi connectivity index (χ2n) is 3.84. The number of carbonyl (C=O) groups is 1. The molecule has 0 unspecified atom stereocenters. The summed E-state index contributed by atoms with van der Waals surface area (Å²) >= 11 is 3.43. The molecule has 0 atom stereocenters. The summed E-state index contributed by atoms with van der Waals surface area (Å²) in [6.45, 7) is 5.75. The highest BCUT2D eigenvalue weighted by atomic mass is 79.9. The predicted octanol–water partition coefficient (Wildman–Crippen LogP) is 2.87. The molecular formula is C13H18BrNO2. The van der Waals surface area contributed by atoms with Gasteiger partial charge >= 0.3 is 0 Å². The summed E-state index contributed by atoms with van der Waals surface area (Å²) in [5, 5.41) is 0. The molecule has 1 rings (SSSR count). The molecule has 1 amide bonds. The summed E-state index contributed by atoms with van der Waals surface area (Å²) in [7, 11) is 1.79. The van der Waals surface area contributed by atoms with Crippen LogP contribution >= 0.6 is 15.9 Å². The number of amides is 1. The van der Waals surface area contributed by atoms with Crippen molar-refractivity contribution in [3.8, 4) is 0 Å². The summed E-state index contributed by atoms with van der Waals surface area (Å²) in [5.74, 6) is 0.0310. The lowest BCUT2D eigenvalue weighted by atomic mass is 10.1. The second kappa shape index (κ2) is 6.77. The average molecular weight is 300 g/mol. The van der Waals surface area contributed by atoms with Crippen molar-refractivity contribution in [1.29, 1.82) is 0 Å². The first-order valence-electron chi connectivity index (χ1n) is 5.66. The van der Waals surface area contributed by atoms with E-state index in [1.165, 1.54) is 0 Å². The molecule has 0 heterocycles. The summed E-state index contributed by atoms with van der Waals surface area (Å²) in [6.07, 6.45) is 0. The van der Waals surface area contributed by atoms with Crippen molar-refractivity contribution in [1.82, 2.24) is 4.90 Å². The highest BCUT2D eigenvalue weighted by Gasteiger charge is 2.14. The number of hydrogen-bond acceptors (Lipinski definition) is 2. The Bertz CT molecular complexity index is 393.